The number of aryl methyl sites for hydroxylation is 1. The zero-order valence-electron chi connectivity index (χ0n) is 16.0. The summed E-state index contributed by atoms with van der Waals surface area (Å²) >= 11 is 0. The van der Waals surface area contributed by atoms with Crippen molar-refractivity contribution in [1.29, 1.82) is 0 Å². The van der Waals surface area contributed by atoms with Crippen LogP contribution in [0.1, 0.15) is 40.2 Å². The summed E-state index contributed by atoms with van der Waals surface area (Å²) in [5, 5.41) is 19.2. The molecule has 1 aliphatic heterocycles. The molecule has 2 heterocycles. The van der Waals surface area contributed by atoms with Crippen LogP contribution in [-0.2, 0) is 17.8 Å². The molecule has 0 saturated heterocycles. The molecular formula is C21H20N4O5. The maximum atomic E-state index is 12.2. The number of aliphatic hydroxyl groups excluding tert-OH is 1. The number of hydrogen-bond acceptors (Lipinski definition) is 7. The van der Waals surface area contributed by atoms with Gasteiger partial charge in [-0.25, -0.2) is 0 Å². The van der Waals surface area contributed by atoms with Crippen LogP contribution in [0.3, 0.4) is 0 Å². The Morgan fingerprint density at radius 3 is 2.90 bits per heavy atom. The molecule has 9 heteroatoms. The van der Waals surface area contributed by atoms with E-state index in [0.29, 0.717) is 24.2 Å². The number of amides is 2. The van der Waals surface area contributed by atoms with Crippen molar-refractivity contribution in [3.63, 3.8) is 0 Å². The second kappa shape index (κ2) is 8.75. The molecular weight excluding hydrogens is 388 g/mol. The number of benzene rings is 2. The van der Waals surface area contributed by atoms with Gasteiger partial charge in [-0.1, -0.05) is 41.6 Å². The van der Waals surface area contributed by atoms with E-state index in [2.05, 4.69) is 20.8 Å². The molecule has 2 aromatic carbocycles. The Balaban J connectivity index is 1.30. The molecule has 9 nitrogen and oxygen atoms in total. The fraction of sp³-hybridized carbons (Fsp3) is 0.238. The summed E-state index contributed by atoms with van der Waals surface area (Å²) in [5.74, 6) is -0.0825. The predicted octanol–water partition coefficient (Wildman–Crippen LogP) is 2.00. The van der Waals surface area contributed by atoms with Crippen LogP contribution in [0.25, 0.3) is 0 Å². The van der Waals surface area contributed by atoms with Crippen molar-refractivity contribution in [2.24, 2.45) is 0 Å². The summed E-state index contributed by atoms with van der Waals surface area (Å²) in [6.07, 6.45) is 0.331. The minimum atomic E-state index is -0.842. The van der Waals surface area contributed by atoms with E-state index in [-0.39, 0.29) is 30.8 Å². The summed E-state index contributed by atoms with van der Waals surface area (Å²) in [5.41, 5.74) is 2.48. The van der Waals surface area contributed by atoms with Gasteiger partial charge in [0.2, 0.25) is 11.7 Å². The Kier molecular flexibility index (Phi) is 5.71. The quantitative estimate of drug-likeness (QED) is 0.546. The first kappa shape index (κ1) is 19.6. The van der Waals surface area contributed by atoms with Gasteiger partial charge in [-0.2, -0.15) is 4.98 Å². The Bertz CT molecular complexity index is 1050. The van der Waals surface area contributed by atoms with Gasteiger partial charge in [-0.05, 0) is 23.6 Å². The molecule has 0 aliphatic carbocycles. The van der Waals surface area contributed by atoms with Crippen LogP contribution in [0.4, 0.5) is 5.69 Å². The standard InChI is InChI=1S/C21H20N4O5/c26-17(14-4-2-1-3-5-14)11-22-20(28)21-24-18(25-30-21)12-29-15-8-6-13-7-9-19(27)23-16(13)10-15/h1-6,8,10,17,26H,7,9,11-12H2,(H,22,28)(H,23,27)/t17-/m1/s1. The first-order chi connectivity index (χ1) is 14.6. The Hall–Kier alpha value is -3.72. The molecule has 0 bridgehead atoms. The highest BCUT2D eigenvalue weighted by Gasteiger charge is 2.18. The second-order valence-electron chi connectivity index (χ2n) is 6.81. The summed E-state index contributed by atoms with van der Waals surface area (Å²) in [6.45, 7) is 0.00800. The molecule has 4 rings (SSSR count). The summed E-state index contributed by atoms with van der Waals surface area (Å²) in [6, 6.07) is 14.4. The third-order valence-electron chi connectivity index (χ3n) is 4.65. The molecule has 30 heavy (non-hydrogen) atoms. The lowest BCUT2D eigenvalue weighted by Crippen LogP contribution is -2.28. The van der Waals surface area contributed by atoms with E-state index < -0.39 is 12.0 Å². The van der Waals surface area contributed by atoms with Crippen LogP contribution in [-0.4, -0.2) is 33.6 Å². The molecule has 0 fully saturated rings. The number of carbonyl (C=O) groups is 2. The van der Waals surface area contributed by atoms with E-state index in [1.165, 1.54) is 0 Å². The van der Waals surface area contributed by atoms with Gasteiger partial charge in [0, 0.05) is 24.7 Å². The highest BCUT2D eigenvalue weighted by Crippen LogP contribution is 2.27. The number of rotatable bonds is 7. The van der Waals surface area contributed by atoms with E-state index >= 15 is 0 Å². The first-order valence-electron chi connectivity index (χ1n) is 9.48. The molecule has 0 saturated carbocycles. The van der Waals surface area contributed by atoms with Crippen molar-refractivity contribution in [2.75, 3.05) is 11.9 Å². The number of ether oxygens (including phenoxy) is 1. The lowest BCUT2D eigenvalue weighted by molar-refractivity contribution is -0.116. The number of fused-ring (bicyclic) bond motifs is 1. The average molecular weight is 408 g/mol. The van der Waals surface area contributed by atoms with Gasteiger partial charge in [0.1, 0.15) is 5.75 Å². The lowest BCUT2D eigenvalue weighted by atomic mass is 10.0. The smallest absolute Gasteiger partial charge is 0.316 e. The number of nitrogens with zero attached hydrogens (tertiary/aromatic N) is 2. The van der Waals surface area contributed by atoms with Crippen LogP contribution in [0.15, 0.2) is 53.1 Å². The monoisotopic (exact) mass is 408 g/mol. The topological polar surface area (TPSA) is 127 Å². The van der Waals surface area contributed by atoms with Crippen molar-refractivity contribution >= 4 is 17.5 Å². The molecule has 3 N–H and O–H groups in total. The third-order valence-corrected chi connectivity index (χ3v) is 4.65. The van der Waals surface area contributed by atoms with Gasteiger partial charge < -0.3 is 25.0 Å². The zero-order valence-corrected chi connectivity index (χ0v) is 16.0. The summed E-state index contributed by atoms with van der Waals surface area (Å²) in [4.78, 5) is 27.7. The number of hydrogen-bond donors (Lipinski definition) is 3. The minimum absolute atomic E-state index is 0.00382. The third kappa shape index (κ3) is 4.64. The molecule has 1 aliphatic rings. The number of aliphatic hydroxyl groups is 1. The fourth-order valence-corrected chi connectivity index (χ4v) is 3.05. The normalized spacial score (nSPS) is 13.8. The van der Waals surface area contributed by atoms with Crippen molar-refractivity contribution in [3.05, 3.63) is 71.4 Å². The highest BCUT2D eigenvalue weighted by molar-refractivity contribution is 5.94. The SMILES string of the molecule is O=C1CCc2ccc(OCc3noc(C(=O)NC[C@@H](O)c4ccccc4)n3)cc2N1. The van der Waals surface area contributed by atoms with Gasteiger partial charge in [0.25, 0.3) is 0 Å². The van der Waals surface area contributed by atoms with Crippen LogP contribution in [0.5, 0.6) is 5.75 Å². The van der Waals surface area contributed by atoms with E-state index in [1.54, 1.807) is 36.4 Å². The molecule has 0 radical (unpaired) electrons. The highest BCUT2D eigenvalue weighted by atomic mass is 16.5. The predicted molar refractivity (Wildman–Crippen MR) is 106 cm³/mol. The first-order valence-corrected chi connectivity index (χ1v) is 9.48. The maximum Gasteiger partial charge on any atom is 0.316 e. The fourth-order valence-electron chi connectivity index (χ4n) is 3.05. The van der Waals surface area contributed by atoms with Crippen molar-refractivity contribution in [3.8, 4) is 5.75 Å². The van der Waals surface area contributed by atoms with Crippen LogP contribution >= 0.6 is 0 Å². The van der Waals surface area contributed by atoms with Gasteiger partial charge >= 0.3 is 11.8 Å². The lowest BCUT2D eigenvalue weighted by Gasteiger charge is -2.17. The number of anilines is 1. The molecule has 0 spiro atoms. The Morgan fingerprint density at radius 1 is 1.23 bits per heavy atom. The second-order valence-corrected chi connectivity index (χ2v) is 6.81. The average Bonchev–Trinajstić information content (AvgIpc) is 3.25. The molecule has 0 unspecified atom stereocenters. The molecule has 154 valence electrons. The Labute approximate surface area is 172 Å². The summed E-state index contributed by atoms with van der Waals surface area (Å²) < 4.78 is 10.6. The number of nitrogens with one attached hydrogen (secondary N) is 2. The summed E-state index contributed by atoms with van der Waals surface area (Å²) in [7, 11) is 0. The van der Waals surface area contributed by atoms with Crippen molar-refractivity contribution < 1.29 is 24.0 Å². The zero-order chi connectivity index (χ0) is 20.9. The van der Waals surface area contributed by atoms with Crippen LogP contribution in [0, 0.1) is 0 Å². The molecule has 1 atom stereocenters. The minimum Gasteiger partial charge on any atom is -0.485 e. The molecule has 3 aromatic rings. The van der Waals surface area contributed by atoms with Gasteiger partial charge in [-0.15, -0.1) is 0 Å². The number of carbonyl (C=O) groups excluding carboxylic acids is 2. The molecule has 1 aromatic heterocycles. The van der Waals surface area contributed by atoms with Gasteiger partial charge in [0.05, 0.1) is 6.10 Å². The van der Waals surface area contributed by atoms with Crippen molar-refractivity contribution in [2.45, 2.75) is 25.6 Å². The molecule has 2 amide bonds. The van der Waals surface area contributed by atoms with E-state index in [4.69, 9.17) is 9.26 Å². The Morgan fingerprint density at radius 2 is 2.07 bits per heavy atom. The van der Waals surface area contributed by atoms with Gasteiger partial charge in [0.15, 0.2) is 6.61 Å². The van der Waals surface area contributed by atoms with E-state index in [1.807, 2.05) is 12.1 Å². The van der Waals surface area contributed by atoms with Crippen LogP contribution < -0.4 is 15.4 Å². The van der Waals surface area contributed by atoms with Crippen LogP contribution in [0.2, 0.25) is 0 Å². The number of aromatic nitrogens is 2. The van der Waals surface area contributed by atoms with Crippen molar-refractivity contribution in [1.82, 2.24) is 15.5 Å². The van der Waals surface area contributed by atoms with E-state index in [0.717, 1.165) is 11.3 Å². The largest absolute Gasteiger partial charge is 0.485 e. The van der Waals surface area contributed by atoms with Gasteiger partial charge in [-0.3, -0.25) is 9.59 Å². The van der Waals surface area contributed by atoms with E-state index in [9.17, 15) is 14.7 Å². The maximum absolute atomic E-state index is 12.2.